The SMILES string of the molecule is CC(C)(C)CN1CCC[C@@]2(CCN(Cc3ccc(-c4ccn[nH]4)o3)C2)C1=O. The first-order chi connectivity index (χ1) is 12.8. The molecular weight excluding hydrogens is 340 g/mol. The van der Waals surface area contributed by atoms with Crippen molar-refractivity contribution in [1.82, 2.24) is 20.0 Å². The van der Waals surface area contributed by atoms with Crippen LogP contribution in [0.25, 0.3) is 11.5 Å². The molecule has 2 aliphatic heterocycles. The smallest absolute Gasteiger partial charge is 0.230 e. The molecule has 0 aliphatic carbocycles. The Hall–Kier alpha value is -2.08. The van der Waals surface area contributed by atoms with Crippen molar-refractivity contribution < 1.29 is 9.21 Å². The molecule has 1 spiro atoms. The molecule has 6 heteroatoms. The van der Waals surface area contributed by atoms with E-state index in [-0.39, 0.29) is 10.8 Å². The van der Waals surface area contributed by atoms with Crippen LogP contribution in [0.3, 0.4) is 0 Å². The minimum atomic E-state index is -0.192. The molecule has 2 fully saturated rings. The van der Waals surface area contributed by atoms with E-state index in [0.717, 1.165) is 69.2 Å². The fourth-order valence-corrected chi connectivity index (χ4v) is 4.57. The topological polar surface area (TPSA) is 65.4 Å². The first-order valence-corrected chi connectivity index (χ1v) is 9.95. The van der Waals surface area contributed by atoms with Crippen LogP contribution < -0.4 is 0 Å². The van der Waals surface area contributed by atoms with Crippen molar-refractivity contribution in [2.24, 2.45) is 10.8 Å². The predicted octanol–water partition coefficient (Wildman–Crippen LogP) is 3.53. The Morgan fingerprint density at radius 2 is 2.07 bits per heavy atom. The van der Waals surface area contributed by atoms with Gasteiger partial charge in [-0.05, 0) is 49.4 Å². The second-order valence-electron chi connectivity index (χ2n) is 9.37. The molecule has 27 heavy (non-hydrogen) atoms. The van der Waals surface area contributed by atoms with Gasteiger partial charge in [0, 0.05) is 25.8 Å². The number of amides is 1. The summed E-state index contributed by atoms with van der Waals surface area (Å²) in [6.07, 6.45) is 4.81. The molecular formula is C21H30N4O2. The van der Waals surface area contributed by atoms with Gasteiger partial charge in [0.2, 0.25) is 5.91 Å². The Labute approximate surface area is 160 Å². The first kappa shape index (κ1) is 18.3. The van der Waals surface area contributed by atoms with Crippen LogP contribution in [-0.4, -0.2) is 52.1 Å². The zero-order valence-corrected chi connectivity index (χ0v) is 16.6. The Kier molecular flexibility index (Phi) is 4.62. The van der Waals surface area contributed by atoms with Gasteiger partial charge >= 0.3 is 0 Å². The number of H-pyrrole nitrogens is 1. The number of carbonyl (C=O) groups excluding carboxylic acids is 1. The molecule has 2 aromatic rings. The van der Waals surface area contributed by atoms with E-state index in [1.165, 1.54) is 0 Å². The monoisotopic (exact) mass is 370 g/mol. The summed E-state index contributed by atoms with van der Waals surface area (Å²) in [5.74, 6) is 2.11. The zero-order valence-electron chi connectivity index (χ0n) is 16.6. The molecule has 0 aromatic carbocycles. The zero-order chi connectivity index (χ0) is 19.1. The molecule has 4 heterocycles. The quantitative estimate of drug-likeness (QED) is 0.894. The van der Waals surface area contributed by atoms with Gasteiger partial charge in [-0.25, -0.2) is 0 Å². The summed E-state index contributed by atoms with van der Waals surface area (Å²) >= 11 is 0. The summed E-state index contributed by atoms with van der Waals surface area (Å²) in [6.45, 7) is 10.9. The first-order valence-electron chi connectivity index (χ1n) is 9.95. The Morgan fingerprint density at radius 1 is 1.22 bits per heavy atom. The van der Waals surface area contributed by atoms with Crippen LogP contribution in [0.2, 0.25) is 0 Å². The highest BCUT2D eigenvalue weighted by Crippen LogP contribution is 2.41. The number of likely N-dealkylation sites (tertiary alicyclic amines) is 2. The van der Waals surface area contributed by atoms with Gasteiger partial charge in [0.1, 0.15) is 11.5 Å². The van der Waals surface area contributed by atoms with Crippen LogP contribution in [0.4, 0.5) is 0 Å². The molecule has 146 valence electrons. The van der Waals surface area contributed by atoms with Crippen LogP contribution in [0, 0.1) is 10.8 Å². The second kappa shape index (κ2) is 6.82. The lowest BCUT2D eigenvalue weighted by molar-refractivity contribution is -0.147. The van der Waals surface area contributed by atoms with Gasteiger partial charge in [0.25, 0.3) is 0 Å². The van der Waals surface area contributed by atoms with Crippen LogP contribution >= 0.6 is 0 Å². The Morgan fingerprint density at radius 3 is 2.81 bits per heavy atom. The second-order valence-corrected chi connectivity index (χ2v) is 9.37. The molecule has 6 nitrogen and oxygen atoms in total. The molecule has 2 aromatic heterocycles. The molecule has 0 radical (unpaired) electrons. The number of nitrogens with zero attached hydrogens (tertiary/aromatic N) is 3. The lowest BCUT2D eigenvalue weighted by Gasteiger charge is -2.42. The van der Waals surface area contributed by atoms with Gasteiger partial charge in [0.05, 0.1) is 12.0 Å². The third-order valence-corrected chi connectivity index (χ3v) is 5.73. The van der Waals surface area contributed by atoms with E-state index in [1.807, 2.05) is 18.2 Å². The number of rotatable bonds is 4. The highest BCUT2D eigenvalue weighted by atomic mass is 16.3. The van der Waals surface area contributed by atoms with Gasteiger partial charge in [-0.2, -0.15) is 5.10 Å². The molecule has 0 unspecified atom stereocenters. The lowest BCUT2D eigenvalue weighted by atomic mass is 9.77. The summed E-state index contributed by atoms with van der Waals surface area (Å²) in [6, 6.07) is 5.90. The number of aromatic amines is 1. The molecule has 0 saturated carbocycles. The maximum atomic E-state index is 13.2. The fraction of sp³-hybridized carbons (Fsp3) is 0.619. The van der Waals surface area contributed by atoms with E-state index in [9.17, 15) is 4.79 Å². The van der Waals surface area contributed by atoms with E-state index in [1.54, 1.807) is 6.20 Å². The largest absolute Gasteiger partial charge is 0.458 e. The fourth-order valence-electron chi connectivity index (χ4n) is 4.57. The Bertz CT molecular complexity index is 789. The van der Waals surface area contributed by atoms with Gasteiger partial charge < -0.3 is 9.32 Å². The molecule has 1 atom stereocenters. The standard InChI is InChI=1S/C21H30N4O2/c1-20(2,3)14-25-11-4-8-21(19(25)26)9-12-24(15-21)13-16-5-6-18(27-16)17-7-10-22-23-17/h5-7,10H,4,8-9,11-15H2,1-3H3,(H,22,23)/t21-/m0/s1. The number of nitrogens with one attached hydrogen (secondary N) is 1. The average Bonchev–Trinajstić information content (AvgIpc) is 3.32. The maximum absolute atomic E-state index is 13.2. The van der Waals surface area contributed by atoms with E-state index < -0.39 is 0 Å². The molecule has 2 aliphatic rings. The van der Waals surface area contributed by atoms with Crippen molar-refractivity contribution in [3.8, 4) is 11.5 Å². The van der Waals surface area contributed by atoms with E-state index in [4.69, 9.17) is 4.42 Å². The maximum Gasteiger partial charge on any atom is 0.230 e. The van der Waals surface area contributed by atoms with Crippen molar-refractivity contribution in [1.29, 1.82) is 0 Å². The van der Waals surface area contributed by atoms with Gasteiger partial charge in [-0.15, -0.1) is 0 Å². The number of carbonyl (C=O) groups is 1. The van der Waals surface area contributed by atoms with Crippen molar-refractivity contribution in [3.63, 3.8) is 0 Å². The van der Waals surface area contributed by atoms with Crippen LogP contribution in [0.5, 0.6) is 0 Å². The number of hydrogen-bond acceptors (Lipinski definition) is 4. The van der Waals surface area contributed by atoms with E-state index >= 15 is 0 Å². The number of furan rings is 1. The number of aromatic nitrogens is 2. The van der Waals surface area contributed by atoms with Crippen molar-refractivity contribution >= 4 is 5.91 Å². The van der Waals surface area contributed by atoms with Crippen molar-refractivity contribution in [3.05, 3.63) is 30.2 Å². The van der Waals surface area contributed by atoms with Crippen LogP contribution in [0.15, 0.2) is 28.8 Å². The van der Waals surface area contributed by atoms with Gasteiger partial charge in [-0.1, -0.05) is 20.8 Å². The van der Waals surface area contributed by atoms with Crippen molar-refractivity contribution in [2.45, 2.75) is 46.6 Å². The lowest BCUT2D eigenvalue weighted by Crippen LogP contribution is -2.52. The highest BCUT2D eigenvalue weighted by molar-refractivity contribution is 5.84. The minimum absolute atomic E-state index is 0.143. The summed E-state index contributed by atoms with van der Waals surface area (Å²) in [5.41, 5.74) is 0.839. The summed E-state index contributed by atoms with van der Waals surface area (Å²) in [7, 11) is 0. The summed E-state index contributed by atoms with van der Waals surface area (Å²) < 4.78 is 5.97. The van der Waals surface area contributed by atoms with Gasteiger partial charge in [-0.3, -0.25) is 14.8 Å². The minimum Gasteiger partial charge on any atom is -0.458 e. The van der Waals surface area contributed by atoms with Crippen LogP contribution in [-0.2, 0) is 11.3 Å². The van der Waals surface area contributed by atoms with E-state index in [0.29, 0.717) is 5.91 Å². The van der Waals surface area contributed by atoms with Crippen molar-refractivity contribution in [2.75, 3.05) is 26.2 Å². The third kappa shape index (κ3) is 3.81. The molecule has 1 N–H and O–H groups in total. The van der Waals surface area contributed by atoms with E-state index in [2.05, 4.69) is 40.8 Å². The normalized spacial score (nSPS) is 24.3. The summed E-state index contributed by atoms with van der Waals surface area (Å²) in [4.78, 5) is 17.7. The third-order valence-electron chi connectivity index (χ3n) is 5.73. The summed E-state index contributed by atoms with van der Waals surface area (Å²) in [5, 5.41) is 6.90. The molecule has 0 bridgehead atoms. The van der Waals surface area contributed by atoms with Crippen LogP contribution in [0.1, 0.15) is 45.8 Å². The number of hydrogen-bond donors (Lipinski definition) is 1. The predicted molar refractivity (Wildman–Crippen MR) is 104 cm³/mol. The average molecular weight is 370 g/mol. The molecule has 1 amide bonds. The number of piperidine rings is 1. The van der Waals surface area contributed by atoms with Gasteiger partial charge in [0.15, 0.2) is 5.76 Å². The Balaban J connectivity index is 1.41. The molecule has 2 saturated heterocycles. The molecule has 4 rings (SSSR count). The highest BCUT2D eigenvalue weighted by Gasteiger charge is 2.48.